The number of nitrogens with zero attached hydrogens (tertiary/aromatic N) is 1. The molecule has 1 aromatic rings. The highest BCUT2D eigenvalue weighted by atomic mass is 16.2. The fraction of sp³-hybridized carbons (Fsp3) is 0.533. The second-order valence-corrected chi connectivity index (χ2v) is 5.25. The van der Waals surface area contributed by atoms with Crippen LogP contribution in [0, 0.1) is 6.92 Å². The summed E-state index contributed by atoms with van der Waals surface area (Å²) in [5.41, 5.74) is 9.36. The Balaban J connectivity index is 2.19. The van der Waals surface area contributed by atoms with Gasteiger partial charge in [-0.25, -0.2) is 0 Å². The molecule has 0 aliphatic carbocycles. The summed E-state index contributed by atoms with van der Waals surface area (Å²) in [6.45, 7) is 4.87. The van der Waals surface area contributed by atoms with Crippen molar-refractivity contribution in [1.82, 2.24) is 0 Å². The highest BCUT2D eigenvalue weighted by Crippen LogP contribution is 2.31. The van der Waals surface area contributed by atoms with E-state index in [9.17, 15) is 4.79 Å². The standard InChI is InChI=1S/C15H22N2O/c1-11-5-3-6-13-7-4-10-17(15(11)13)14(18)9-8-12(2)16/h3,5-6,12H,4,7-10,16H2,1-2H3. The van der Waals surface area contributed by atoms with Crippen LogP contribution < -0.4 is 10.6 Å². The molecule has 2 rings (SSSR count). The number of hydrogen-bond acceptors (Lipinski definition) is 2. The van der Waals surface area contributed by atoms with Gasteiger partial charge >= 0.3 is 0 Å². The van der Waals surface area contributed by atoms with Crippen molar-refractivity contribution >= 4 is 11.6 Å². The molecule has 1 aliphatic heterocycles. The first kappa shape index (κ1) is 13.1. The zero-order valence-corrected chi connectivity index (χ0v) is 11.3. The number of anilines is 1. The van der Waals surface area contributed by atoms with Gasteiger partial charge in [0.05, 0.1) is 0 Å². The van der Waals surface area contributed by atoms with Gasteiger partial charge in [-0.05, 0) is 44.2 Å². The third-order valence-electron chi connectivity index (χ3n) is 3.53. The van der Waals surface area contributed by atoms with E-state index in [0.717, 1.165) is 31.5 Å². The maximum absolute atomic E-state index is 12.3. The van der Waals surface area contributed by atoms with Gasteiger partial charge in [-0.2, -0.15) is 0 Å². The van der Waals surface area contributed by atoms with Gasteiger partial charge in [0, 0.05) is 24.7 Å². The normalized spacial score (nSPS) is 16.3. The zero-order chi connectivity index (χ0) is 13.1. The molecule has 1 heterocycles. The summed E-state index contributed by atoms with van der Waals surface area (Å²) in [5.74, 6) is 0.211. The molecule has 1 aromatic carbocycles. The fourth-order valence-electron chi connectivity index (χ4n) is 2.58. The molecule has 2 N–H and O–H groups in total. The molecule has 0 radical (unpaired) electrons. The molecular formula is C15H22N2O. The van der Waals surface area contributed by atoms with Crippen LogP contribution in [0.25, 0.3) is 0 Å². The first-order valence-electron chi connectivity index (χ1n) is 6.74. The lowest BCUT2D eigenvalue weighted by atomic mass is 9.97. The second kappa shape index (κ2) is 5.53. The molecule has 0 aromatic heterocycles. The van der Waals surface area contributed by atoms with Crippen molar-refractivity contribution < 1.29 is 4.79 Å². The van der Waals surface area contributed by atoms with E-state index in [1.54, 1.807) is 0 Å². The minimum absolute atomic E-state index is 0.0927. The highest BCUT2D eigenvalue weighted by molar-refractivity contribution is 5.95. The largest absolute Gasteiger partial charge is 0.328 e. The Morgan fingerprint density at radius 1 is 1.50 bits per heavy atom. The van der Waals surface area contributed by atoms with Crippen molar-refractivity contribution in [3.63, 3.8) is 0 Å². The van der Waals surface area contributed by atoms with E-state index in [1.165, 1.54) is 11.1 Å². The Labute approximate surface area is 109 Å². The maximum atomic E-state index is 12.3. The first-order chi connectivity index (χ1) is 8.59. The lowest BCUT2D eigenvalue weighted by Crippen LogP contribution is -2.36. The van der Waals surface area contributed by atoms with Crippen molar-refractivity contribution in [2.24, 2.45) is 5.73 Å². The maximum Gasteiger partial charge on any atom is 0.227 e. The predicted molar refractivity (Wildman–Crippen MR) is 74.7 cm³/mol. The highest BCUT2D eigenvalue weighted by Gasteiger charge is 2.23. The van der Waals surface area contributed by atoms with Crippen LogP contribution in [0.3, 0.4) is 0 Å². The van der Waals surface area contributed by atoms with E-state index in [0.29, 0.717) is 6.42 Å². The number of para-hydroxylation sites is 1. The molecule has 0 saturated heterocycles. The van der Waals surface area contributed by atoms with Crippen LogP contribution in [0.4, 0.5) is 5.69 Å². The van der Waals surface area contributed by atoms with Gasteiger partial charge in [0.25, 0.3) is 0 Å². The van der Waals surface area contributed by atoms with Crippen LogP contribution in [0.15, 0.2) is 18.2 Å². The lowest BCUT2D eigenvalue weighted by Gasteiger charge is -2.31. The van der Waals surface area contributed by atoms with Crippen molar-refractivity contribution in [2.45, 2.75) is 45.6 Å². The van der Waals surface area contributed by atoms with E-state index < -0.39 is 0 Å². The van der Waals surface area contributed by atoms with Crippen LogP contribution in [-0.4, -0.2) is 18.5 Å². The summed E-state index contributed by atoms with van der Waals surface area (Å²) in [7, 11) is 0. The monoisotopic (exact) mass is 246 g/mol. The van der Waals surface area contributed by atoms with E-state index in [-0.39, 0.29) is 11.9 Å². The number of nitrogens with two attached hydrogens (primary N) is 1. The molecule has 0 fully saturated rings. The Hall–Kier alpha value is -1.35. The van der Waals surface area contributed by atoms with Gasteiger partial charge in [-0.3, -0.25) is 4.79 Å². The second-order valence-electron chi connectivity index (χ2n) is 5.25. The number of benzene rings is 1. The summed E-state index contributed by atoms with van der Waals surface area (Å²) in [6, 6.07) is 6.38. The number of amides is 1. The zero-order valence-electron chi connectivity index (χ0n) is 11.3. The lowest BCUT2D eigenvalue weighted by molar-refractivity contribution is -0.118. The van der Waals surface area contributed by atoms with Gasteiger partial charge in [0.15, 0.2) is 0 Å². The van der Waals surface area contributed by atoms with Crippen molar-refractivity contribution in [3.8, 4) is 0 Å². The molecule has 1 unspecified atom stereocenters. The van der Waals surface area contributed by atoms with Gasteiger partial charge in [-0.1, -0.05) is 18.2 Å². The minimum Gasteiger partial charge on any atom is -0.328 e. The third kappa shape index (κ3) is 2.72. The minimum atomic E-state index is 0.0927. The summed E-state index contributed by atoms with van der Waals surface area (Å²) in [6.07, 6.45) is 3.44. The molecule has 0 bridgehead atoms. The average Bonchev–Trinajstić information content (AvgIpc) is 2.35. The Bertz CT molecular complexity index is 440. The van der Waals surface area contributed by atoms with Gasteiger partial charge in [0.1, 0.15) is 0 Å². The molecule has 3 nitrogen and oxygen atoms in total. The number of hydrogen-bond donors (Lipinski definition) is 1. The molecule has 0 saturated carbocycles. The third-order valence-corrected chi connectivity index (χ3v) is 3.53. The number of rotatable bonds is 3. The molecule has 0 spiro atoms. The van der Waals surface area contributed by atoms with Crippen molar-refractivity contribution in [2.75, 3.05) is 11.4 Å². The quantitative estimate of drug-likeness (QED) is 0.890. The van der Waals surface area contributed by atoms with E-state index in [1.807, 2.05) is 11.8 Å². The first-order valence-corrected chi connectivity index (χ1v) is 6.74. The molecule has 3 heteroatoms. The fourth-order valence-corrected chi connectivity index (χ4v) is 2.58. The summed E-state index contributed by atoms with van der Waals surface area (Å²) in [4.78, 5) is 14.2. The number of carbonyl (C=O) groups excluding carboxylic acids is 1. The van der Waals surface area contributed by atoms with E-state index in [4.69, 9.17) is 5.73 Å². The summed E-state index contributed by atoms with van der Waals surface area (Å²) < 4.78 is 0. The molecule has 18 heavy (non-hydrogen) atoms. The smallest absolute Gasteiger partial charge is 0.227 e. The van der Waals surface area contributed by atoms with Gasteiger partial charge in [0.2, 0.25) is 5.91 Å². The Morgan fingerprint density at radius 3 is 3.00 bits per heavy atom. The molecule has 1 amide bonds. The molecule has 98 valence electrons. The van der Waals surface area contributed by atoms with E-state index >= 15 is 0 Å². The SMILES string of the molecule is Cc1cccc2c1N(C(=O)CCC(C)N)CCC2. The predicted octanol–water partition coefficient (Wildman–Crippen LogP) is 2.40. The van der Waals surface area contributed by atoms with Gasteiger partial charge < -0.3 is 10.6 Å². The molecular weight excluding hydrogens is 224 g/mol. The van der Waals surface area contributed by atoms with Crippen LogP contribution in [0.2, 0.25) is 0 Å². The van der Waals surface area contributed by atoms with Crippen LogP contribution in [-0.2, 0) is 11.2 Å². The summed E-state index contributed by atoms with van der Waals surface area (Å²) >= 11 is 0. The van der Waals surface area contributed by atoms with Crippen LogP contribution in [0.1, 0.15) is 37.3 Å². The Morgan fingerprint density at radius 2 is 2.28 bits per heavy atom. The van der Waals surface area contributed by atoms with Gasteiger partial charge in [-0.15, -0.1) is 0 Å². The van der Waals surface area contributed by atoms with E-state index in [2.05, 4.69) is 25.1 Å². The van der Waals surface area contributed by atoms with Crippen molar-refractivity contribution in [3.05, 3.63) is 29.3 Å². The van der Waals surface area contributed by atoms with Crippen LogP contribution in [0.5, 0.6) is 0 Å². The topological polar surface area (TPSA) is 46.3 Å². The van der Waals surface area contributed by atoms with Crippen molar-refractivity contribution in [1.29, 1.82) is 0 Å². The number of aryl methyl sites for hydroxylation is 2. The number of carbonyl (C=O) groups is 1. The average molecular weight is 246 g/mol. The number of fused-ring (bicyclic) bond motifs is 1. The summed E-state index contributed by atoms with van der Waals surface area (Å²) in [5, 5.41) is 0. The molecule has 1 aliphatic rings. The molecule has 1 atom stereocenters. The Kier molecular flexibility index (Phi) is 4.02. The van der Waals surface area contributed by atoms with Crippen LogP contribution >= 0.6 is 0 Å².